The van der Waals surface area contributed by atoms with Gasteiger partial charge in [-0.15, -0.1) is 10.2 Å². The number of aromatic amines is 1. The van der Waals surface area contributed by atoms with Gasteiger partial charge in [-0.2, -0.15) is 15.1 Å². The van der Waals surface area contributed by atoms with Gasteiger partial charge in [0.05, 0.1) is 11.6 Å². The molecule has 0 atom stereocenters. The Balaban J connectivity index is 1.75. The molecule has 3 aromatic heterocycles. The van der Waals surface area contributed by atoms with Crippen LogP contribution in [0.15, 0.2) is 12.5 Å². The first kappa shape index (κ1) is 11.8. The van der Waals surface area contributed by atoms with E-state index in [0.29, 0.717) is 18.0 Å². The average Bonchev–Trinajstić information content (AvgIpc) is 2.98. The normalized spacial score (nSPS) is 11.1. The first-order valence-corrected chi connectivity index (χ1v) is 6.05. The molecule has 0 aliphatic rings. The summed E-state index contributed by atoms with van der Waals surface area (Å²) in [5.74, 6) is 1.56. The van der Waals surface area contributed by atoms with E-state index in [1.54, 1.807) is 12.5 Å². The maximum Gasteiger partial charge on any atom is 0.226 e. The summed E-state index contributed by atoms with van der Waals surface area (Å²) in [4.78, 5) is 8.19. The van der Waals surface area contributed by atoms with E-state index >= 15 is 0 Å². The van der Waals surface area contributed by atoms with Crippen molar-refractivity contribution in [2.45, 2.75) is 6.42 Å². The van der Waals surface area contributed by atoms with Gasteiger partial charge in [-0.3, -0.25) is 5.10 Å². The highest BCUT2D eigenvalue weighted by Crippen LogP contribution is 2.19. The molecule has 98 valence electrons. The van der Waals surface area contributed by atoms with Crippen molar-refractivity contribution in [3.8, 4) is 0 Å². The molecule has 19 heavy (non-hydrogen) atoms. The highest BCUT2D eigenvalue weighted by molar-refractivity contribution is 6.28. The molecule has 2 N–H and O–H groups in total. The van der Waals surface area contributed by atoms with Crippen LogP contribution in [0.5, 0.6) is 0 Å². The van der Waals surface area contributed by atoms with E-state index in [1.165, 1.54) is 0 Å². The van der Waals surface area contributed by atoms with Crippen LogP contribution in [-0.4, -0.2) is 41.5 Å². The van der Waals surface area contributed by atoms with Crippen LogP contribution in [0.1, 0.15) is 5.82 Å². The fourth-order valence-electron chi connectivity index (χ4n) is 1.77. The molecule has 3 heterocycles. The summed E-state index contributed by atoms with van der Waals surface area (Å²) in [6.07, 6.45) is 4.07. The SMILES string of the molecule is Cn1cnnc1CCNc1nc(Cl)nc2[nH]ncc12. The Bertz CT molecular complexity index is 702. The second kappa shape index (κ2) is 4.81. The maximum absolute atomic E-state index is 5.85. The Labute approximate surface area is 113 Å². The van der Waals surface area contributed by atoms with Gasteiger partial charge in [0.15, 0.2) is 5.65 Å². The summed E-state index contributed by atoms with van der Waals surface area (Å²) in [6.45, 7) is 0.667. The maximum atomic E-state index is 5.85. The monoisotopic (exact) mass is 278 g/mol. The largest absolute Gasteiger partial charge is 0.369 e. The van der Waals surface area contributed by atoms with Crippen LogP contribution in [0.2, 0.25) is 5.28 Å². The van der Waals surface area contributed by atoms with Crippen molar-refractivity contribution < 1.29 is 0 Å². The number of nitrogens with one attached hydrogen (secondary N) is 2. The van der Waals surface area contributed by atoms with E-state index in [-0.39, 0.29) is 5.28 Å². The van der Waals surface area contributed by atoms with Gasteiger partial charge in [-0.25, -0.2) is 0 Å². The zero-order chi connectivity index (χ0) is 13.2. The first-order valence-electron chi connectivity index (χ1n) is 5.67. The molecule has 0 saturated carbocycles. The van der Waals surface area contributed by atoms with E-state index in [1.807, 2.05) is 11.6 Å². The minimum atomic E-state index is 0.179. The van der Waals surface area contributed by atoms with Crippen LogP contribution >= 0.6 is 11.6 Å². The van der Waals surface area contributed by atoms with Crippen molar-refractivity contribution in [1.29, 1.82) is 0 Å². The number of hydrogen-bond acceptors (Lipinski definition) is 6. The van der Waals surface area contributed by atoms with Gasteiger partial charge >= 0.3 is 0 Å². The van der Waals surface area contributed by atoms with Gasteiger partial charge in [0.25, 0.3) is 0 Å². The molecule has 8 nitrogen and oxygen atoms in total. The van der Waals surface area contributed by atoms with Gasteiger partial charge < -0.3 is 9.88 Å². The Morgan fingerprint density at radius 1 is 1.42 bits per heavy atom. The van der Waals surface area contributed by atoms with Gasteiger partial charge in [-0.05, 0) is 11.6 Å². The molecule has 3 aromatic rings. The van der Waals surface area contributed by atoms with Gasteiger partial charge in [0, 0.05) is 20.0 Å². The zero-order valence-corrected chi connectivity index (χ0v) is 10.9. The highest BCUT2D eigenvalue weighted by Gasteiger charge is 2.08. The van der Waals surface area contributed by atoms with E-state index in [2.05, 4.69) is 35.7 Å². The zero-order valence-electron chi connectivity index (χ0n) is 10.1. The van der Waals surface area contributed by atoms with Gasteiger partial charge in [-0.1, -0.05) is 0 Å². The predicted molar refractivity (Wildman–Crippen MR) is 69.9 cm³/mol. The fourth-order valence-corrected chi connectivity index (χ4v) is 1.94. The number of H-pyrrole nitrogens is 1. The Morgan fingerprint density at radius 2 is 2.32 bits per heavy atom. The molecule has 0 saturated heterocycles. The fraction of sp³-hybridized carbons (Fsp3) is 0.300. The molecule has 0 radical (unpaired) electrons. The van der Waals surface area contributed by atoms with Crippen LogP contribution in [0.4, 0.5) is 5.82 Å². The lowest BCUT2D eigenvalue weighted by molar-refractivity contribution is 0.787. The Morgan fingerprint density at radius 3 is 3.11 bits per heavy atom. The third-order valence-electron chi connectivity index (χ3n) is 2.73. The van der Waals surface area contributed by atoms with E-state index in [4.69, 9.17) is 11.6 Å². The second-order valence-electron chi connectivity index (χ2n) is 4.01. The van der Waals surface area contributed by atoms with Crippen LogP contribution in [0.3, 0.4) is 0 Å². The molecule has 3 rings (SSSR count). The molecule has 0 bridgehead atoms. The molecule has 0 amide bonds. The molecule has 0 aliphatic carbocycles. The summed E-state index contributed by atoms with van der Waals surface area (Å²) in [7, 11) is 1.91. The Hall–Kier alpha value is -2.22. The average molecular weight is 279 g/mol. The van der Waals surface area contributed by atoms with Crippen molar-refractivity contribution in [2.24, 2.45) is 7.05 Å². The van der Waals surface area contributed by atoms with E-state index in [0.717, 1.165) is 17.6 Å². The number of aryl methyl sites for hydroxylation is 1. The van der Waals surface area contributed by atoms with E-state index in [9.17, 15) is 0 Å². The summed E-state index contributed by atoms with van der Waals surface area (Å²) in [6, 6.07) is 0. The second-order valence-corrected chi connectivity index (χ2v) is 4.35. The Kier molecular flexibility index (Phi) is 3.00. The quantitative estimate of drug-likeness (QED) is 0.685. The van der Waals surface area contributed by atoms with Crippen molar-refractivity contribution in [1.82, 2.24) is 34.9 Å². The molecule has 0 unspecified atom stereocenters. The van der Waals surface area contributed by atoms with Gasteiger partial charge in [0.1, 0.15) is 18.0 Å². The topological polar surface area (TPSA) is 97.2 Å². The van der Waals surface area contributed by atoms with Crippen molar-refractivity contribution in [2.75, 3.05) is 11.9 Å². The summed E-state index contributed by atoms with van der Waals surface area (Å²) < 4.78 is 1.88. The molecule has 9 heteroatoms. The van der Waals surface area contributed by atoms with Crippen molar-refractivity contribution in [3.63, 3.8) is 0 Å². The van der Waals surface area contributed by atoms with Gasteiger partial charge in [0.2, 0.25) is 5.28 Å². The number of nitrogens with zero attached hydrogens (tertiary/aromatic N) is 6. The van der Waals surface area contributed by atoms with Crippen molar-refractivity contribution >= 4 is 28.5 Å². The summed E-state index contributed by atoms with van der Waals surface area (Å²) in [5, 5.41) is 18.7. The smallest absolute Gasteiger partial charge is 0.226 e. The molecular formula is C10H11ClN8. The third kappa shape index (κ3) is 2.34. The number of aromatic nitrogens is 7. The van der Waals surface area contributed by atoms with Crippen LogP contribution in [0, 0.1) is 0 Å². The number of halogens is 1. The van der Waals surface area contributed by atoms with Crippen LogP contribution < -0.4 is 5.32 Å². The molecule has 0 aliphatic heterocycles. The summed E-state index contributed by atoms with van der Waals surface area (Å²) in [5.41, 5.74) is 0.612. The van der Waals surface area contributed by atoms with Crippen LogP contribution in [0.25, 0.3) is 11.0 Å². The lowest BCUT2D eigenvalue weighted by Crippen LogP contribution is -2.10. The first-order chi connectivity index (χ1) is 9.24. The predicted octanol–water partition coefficient (Wildman–Crippen LogP) is 0.789. The minimum absolute atomic E-state index is 0.179. The number of fused-ring (bicyclic) bond motifs is 1. The summed E-state index contributed by atoms with van der Waals surface area (Å²) >= 11 is 5.85. The van der Waals surface area contributed by atoms with Crippen LogP contribution in [-0.2, 0) is 13.5 Å². The van der Waals surface area contributed by atoms with Crippen molar-refractivity contribution in [3.05, 3.63) is 23.6 Å². The number of hydrogen-bond donors (Lipinski definition) is 2. The molecular weight excluding hydrogens is 268 g/mol. The van der Waals surface area contributed by atoms with E-state index < -0.39 is 0 Å². The minimum Gasteiger partial charge on any atom is -0.369 e. The third-order valence-corrected chi connectivity index (χ3v) is 2.90. The lowest BCUT2D eigenvalue weighted by atomic mass is 10.3. The number of rotatable bonds is 4. The highest BCUT2D eigenvalue weighted by atomic mass is 35.5. The number of anilines is 1. The molecule has 0 spiro atoms. The molecule has 0 fully saturated rings. The lowest BCUT2D eigenvalue weighted by Gasteiger charge is -2.06. The standard InChI is InChI=1S/C10H11ClN8/c1-19-5-14-17-7(19)2-3-12-8-6-4-13-18-9(6)16-10(11)15-8/h4-5H,2-3H2,1H3,(H2,12,13,15,16,18). The molecule has 0 aromatic carbocycles.